The Bertz CT molecular complexity index is 944. The molecule has 7 nitrogen and oxygen atoms in total. The van der Waals surface area contributed by atoms with Gasteiger partial charge in [0.15, 0.2) is 11.5 Å². The first-order valence-corrected chi connectivity index (χ1v) is 9.07. The number of hydrogen-bond donors (Lipinski definition) is 3. The van der Waals surface area contributed by atoms with Gasteiger partial charge in [0.05, 0.1) is 18.2 Å². The molecule has 1 aliphatic rings. The summed E-state index contributed by atoms with van der Waals surface area (Å²) in [4.78, 5) is 9.23. The molecule has 0 radical (unpaired) electrons. The van der Waals surface area contributed by atoms with E-state index in [0.717, 1.165) is 28.8 Å². The van der Waals surface area contributed by atoms with Gasteiger partial charge in [0.25, 0.3) is 0 Å². The van der Waals surface area contributed by atoms with Gasteiger partial charge in [-0.3, -0.25) is 0 Å². The third-order valence-electron chi connectivity index (χ3n) is 4.46. The number of aliphatic hydroxyl groups is 1. The summed E-state index contributed by atoms with van der Waals surface area (Å²) >= 11 is 0. The number of aliphatic hydroxyl groups excluding tert-OH is 1. The van der Waals surface area contributed by atoms with Crippen LogP contribution in [0.2, 0.25) is 0 Å². The highest BCUT2D eigenvalue weighted by atomic mass is 16.6. The first kappa shape index (κ1) is 17.4. The Balaban J connectivity index is 1.67. The van der Waals surface area contributed by atoms with Crippen molar-refractivity contribution in [3.05, 3.63) is 42.5 Å². The van der Waals surface area contributed by atoms with Crippen molar-refractivity contribution < 1.29 is 14.6 Å². The number of rotatable bonds is 6. The number of hydrogen-bond acceptors (Lipinski definition) is 7. The van der Waals surface area contributed by atoms with E-state index in [1.165, 1.54) is 0 Å². The lowest BCUT2D eigenvalue weighted by molar-refractivity contribution is 0.171. The summed E-state index contributed by atoms with van der Waals surface area (Å²) < 4.78 is 11.2. The summed E-state index contributed by atoms with van der Waals surface area (Å²) in [5.74, 6) is 2.61. The molecular weight excluding hydrogens is 344 g/mol. The van der Waals surface area contributed by atoms with Gasteiger partial charge in [-0.15, -0.1) is 0 Å². The topological polar surface area (TPSA) is 88.5 Å². The van der Waals surface area contributed by atoms with Crippen LogP contribution in [0.1, 0.15) is 13.3 Å². The van der Waals surface area contributed by atoms with E-state index in [-0.39, 0.29) is 12.6 Å². The maximum absolute atomic E-state index is 9.53. The third-order valence-corrected chi connectivity index (χ3v) is 4.46. The number of aromatic nitrogens is 2. The molecule has 7 heteroatoms. The van der Waals surface area contributed by atoms with E-state index in [4.69, 9.17) is 9.47 Å². The molecule has 1 aromatic heterocycles. The highest BCUT2D eigenvalue weighted by molar-refractivity contribution is 5.90. The number of nitrogens with one attached hydrogen (secondary N) is 2. The molecule has 2 aromatic carbocycles. The molecule has 3 N–H and O–H groups in total. The Morgan fingerprint density at radius 3 is 2.70 bits per heavy atom. The van der Waals surface area contributed by atoms with Gasteiger partial charge >= 0.3 is 0 Å². The van der Waals surface area contributed by atoms with Crippen molar-refractivity contribution in [3.8, 4) is 11.5 Å². The van der Waals surface area contributed by atoms with Crippen molar-refractivity contribution in [2.45, 2.75) is 19.4 Å². The summed E-state index contributed by atoms with van der Waals surface area (Å²) in [6.07, 6.45) is 0.791. The van der Waals surface area contributed by atoms with Crippen LogP contribution >= 0.6 is 0 Å². The number of para-hydroxylation sites is 1. The molecule has 0 saturated carbocycles. The average molecular weight is 366 g/mol. The van der Waals surface area contributed by atoms with Crippen LogP contribution in [0.3, 0.4) is 0 Å². The average Bonchev–Trinajstić information content (AvgIpc) is 2.71. The van der Waals surface area contributed by atoms with Gasteiger partial charge in [-0.05, 0) is 30.7 Å². The standard InChI is InChI=1S/C20H22N4O3/c1-2-13(12-25)21-19-15-5-3-4-6-16(15)23-20(24-19)22-14-7-8-17-18(11-14)27-10-9-26-17/h3-8,11,13,25H,2,9-10,12H2,1H3,(H2,21,22,23,24). The van der Waals surface area contributed by atoms with Crippen LogP contribution in [0.4, 0.5) is 17.5 Å². The van der Waals surface area contributed by atoms with Crippen molar-refractivity contribution >= 4 is 28.4 Å². The van der Waals surface area contributed by atoms with Gasteiger partial charge < -0.3 is 25.2 Å². The second kappa shape index (κ2) is 7.67. The Morgan fingerprint density at radius 1 is 1.07 bits per heavy atom. The number of anilines is 3. The van der Waals surface area contributed by atoms with E-state index in [9.17, 15) is 5.11 Å². The van der Waals surface area contributed by atoms with Crippen molar-refractivity contribution in [1.82, 2.24) is 9.97 Å². The lowest BCUT2D eigenvalue weighted by Crippen LogP contribution is -2.23. The third kappa shape index (κ3) is 3.73. The number of ether oxygens (including phenoxy) is 2. The van der Waals surface area contributed by atoms with Gasteiger partial charge in [0.2, 0.25) is 5.95 Å². The van der Waals surface area contributed by atoms with Crippen LogP contribution in [-0.4, -0.2) is 40.9 Å². The van der Waals surface area contributed by atoms with Gasteiger partial charge in [0, 0.05) is 17.1 Å². The number of nitrogens with zero attached hydrogens (tertiary/aromatic N) is 2. The van der Waals surface area contributed by atoms with Gasteiger partial charge in [-0.1, -0.05) is 19.1 Å². The first-order valence-electron chi connectivity index (χ1n) is 9.07. The Kier molecular flexibility index (Phi) is 4.93. The van der Waals surface area contributed by atoms with Crippen molar-refractivity contribution in [2.75, 3.05) is 30.5 Å². The maximum atomic E-state index is 9.53. The Labute approximate surface area is 157 Å². The zero-order valence-electron chi connectivity index (χ0n) is 15.1. The van der Waals surface area contributed by atoms with E-state index in [1.54, 1.807) is 0 Å². The summed E-state index contributed by atoms with van der Waals surface area (Å²) in [5.41, 5.74) is 1.64. The second-order valence-electron chi connectivity index (χ2n) is 6.33. The molecule has 0 spiro atoms. The molecule has 140 valence electrons. The molecular formula is C20H22N4O3. The Morgan fingerprint density at radius 2 is 1.89 bits per heavy atom. The number of fused-ring (bicyclic) bond motifs is 2. The molecule has 4 rings (SSSR count). The summed E-state index contributed by atoms with van der Waals surface area (Å²) in [6.45, 7) is 3.16. The van der Waals surface area contributed by atoms with Crippen molar-refractivity contribution in [1.29, 1.82) is 0 Å². The molecule has 2 heterocycles. The minimum absolute atomic E-state index is 0.0414. The van der Waals surface area contributed by atoms with Crippen molar-refractivity contribution in [3.63, 3.8) is 0 Å². The summed E-state index contributed by atoms with van der Waals surface area (Å²) in [6, 6.07) is 13.4. The van der Waals surface area contributed by atoms with Crippen molar-refractivity contribution in [2.24, 2.45) is 0 Å². The Hall–Kier alpha value is -3.06. The normalized spacial score (nSPS) is 14.0. The minimum Gasteiger partial charge on any atom is -0.486 e. The molecule has 1 aliphatic heterocycles. The van der Waals surface area contributed by atoms with Crippen LogP contribution in [-0.2, 0) is 0 Å². The van der Waals surface area contributed by atoms with Gasteiger partial charge in [-0.25, -0.2) is 4.98 Å². The van der Waals surface area contributed by atoms with E-state index >= 15 is 0 Å². The number of benzene rings is 2. The predicted molar refractivity (Wildman–Crippen MR) is 105 cm³/mol. The molecule has 0 aliphatic carbocycles. The second-order valence-corrected chi connectivity index (χ2v) is 6.33. The smallest absolute Gasteiger partial charge is 0.229 e. The van der Waals surface area contributed by atoms with Gasteiger partial charge in [0.1, 0.15) is 19.0 Å². The monoisotopic (exact) mass is 366 g/mol. The predicted octanol–water partition coefficient (Wildman–Crippen LogP) is 3.33. The van der Waals surface area contributed by atoms with Gasteiger partial charge in [-0.2, -0.15) is 4.98 Å². The molecule has 1 atom stereocenters. The fraction of sp³-hybridized carbons (Fsp3) is 0.300. The molecule has 0 amide bonds. The van der Waals surface area contributed by atoms with E-state index in [2.05, 4.69) is 20.6 Å². The van der Waals surface area contributed by atoms with Crippen LogP contribution in [0, 0.1) is 0 Å². The largest absolute Gasteiger partial charge is 0.486 e. The van der Waals surface area contributed by atoms with Crippen LogP contribution in [0.5, 0.6) is 11.5 Å². The fourth-order valence-electron chi connectivity index (χ4n) is 2.96. The van der Waals surface area contributed by atoms with Crippen LogP contribution < -0.4 is 20.1 Å². The molecule has 1 unspecified atom stereocenters. The molecule has 27 heavy (non-hydrogen) atoms. The highest BCUT2D eigenvalue weighted by Gasteiger charge is 2.14. The fourth-order valence-corrected chi connectivity index (χ4v) is 2.96. The van der Waals surface area contributed by atoms with Crippen LogP contribution in [0.15, 0.2) is 42.5 Å². The van der Waals surface area contributed by atoms with E-state index in [0.29, 0.717) is 30.7 Å². The quantitative estimate of drug-likeness (QED) is 0.617. The molecule has 0 fully saturated rings. The summed E-state index contributed by atoms with van der Waals surface area (Å²) in [7, 11) is 0. The van der Waals surface area contributed by atoms with E-state index < -0.39 is 0 Å². The first-order chi connectivity index (χ1) is 13.3. The van der Waals surface area contributed by atoms with Crippen LogP contribution in [0.25, 0.3) is 10.9 Å². The maximum Gasteiger partial charge on any atom is 0.229 e. The SMILES string of the molecule is CCC(CO)Nc1nc(Nc2ccc3c(c2)OCCO3)nc2ccccc12. The zero-order chi connectivity index (χ0) is 18.6. The molecule has 3 aromatic rings. The minimum atomic E-state index is -0.0644. The lowest BCUT2D eigenvalue weighted by atomic mass is 10.2. The lowest BCUT2D eigenvalue weighted by Gasteiger charge is -2.19. The molecule has 0 bridgehead atoms. The van der Waals surface area contributed by atoms with E-state index in [1.807, 2.05) is 49.4 Å². The zero-order valence-corrected chi connectivity index (χ0v) is 15.1. The highest BCUT2D eigenvalue weighted by Crippen LogP contribution is 2.33. The molecule has 0 saturated heterocycles. The summed E-state index contributed by atoms with van der Waals surface area (Å²) in [5, 5.41) is 17.0.